The summed E-state index contributed by atoms with van der Waals surface area (Å²) < 4.78 is 15.1. The molecule has 0 fully saturated rings. The molecule has 21 heavy (non-hydrogen) atoms. The van der Waals surface area contributed by atoms with E-state index >= 15 is 0 Å². The number of anilines is 1. The first kappa shape index (κ1) is 13.4. The second-order valence-corrected chi connectivity index (χ2v) is 5.04. The molecule has 1 heterocycles. The number of hydrogen-bond acceptors (Lipinski definition) is 2. The summed E-state index contributed by atoms with van der Waals surface area (Å²) in [6, 6.07) is 14.4. The lowest BCUT2D eigenvalue weighted by atomic mass is 10.1. The molecule has 0 aliphatic carbocycles. The third-order valence-electron chi connectivity index (χ3n) is 3.64. The van der Waals surface area contributed by atoms with Gasteiger partial charge in [-0.05, 0) is 54.4 Å². The number of halogens is 1. The van der Waals surface area contributed by atoms with E-state index in [0.717, 1.165) is 22.5 Å². The van der Waals surface area contributed by atoms with Crippen molar-refractivity contribution in [2.75, 3.05) is 5.73 Å². The smallest absolute Gasteiger partial charge is 0.123 e. The molecule has 0 bridgehead atoms. The number of benzene rings is 2. The lowest BCUT2D eigenvalue weighted by Gasteiger charge is -2.17. The van der Waals surface area contributed by atoms with Crippen LogP contribution in [0.3, 0.4) is 0 Å². The minimum atomic E-state index is -0.239. The van der Waals surface area contributed by atoms with Crippen molar-refractivity contribution in [3.63, 3.8) is 0 Å². The summed E-state index contributed by atoms with van der Waals surface area (Å²) in [6.07, 6.45) is 3.58. The first-order chi connectivity index (χ1) is 10.1. The minimum absolute atomic E-state index is 0.119. The van der Waals surface area contributed by atoms with Crippen molar-refractivity contribution in [2.24, 2.45) is 0 Å². The zero-order chi connectivity index (χ0) is 14.8. The molecule has 3 aromatic rings. The van der Waals surface area contributed by atoms with Crippen molar-refractivity contribution in [3.05, 3.63) is 72.4 Å². The number of hydrogen-bond donors (Lipinski definition) is 1. The Morgan fingerprint density at radius 3 is 2.38 bits per heavy atom. The largest absolute Gasteiger partial charge is 0.399 e. The van der Waals surface area contributed by atoms with Gasteiger partial charge in [0.15, 0.2) is 0 Å². The van der Waals surface area contributed by atoms with Crippen molar-refractivity contribution in [1.29, 1.82) is 0 Å². The van der Waals surface area contributed by atoms with Crippen LogP contribution in [0.15, 0.2) is 61.1 Å². The molecule has 0 amide bonds. The molecule has 0 radical (unpaired) electrons. The average molecular weight is 281 g/mol. The third kappa shape index (κ3) is 2.65. The maximum atomic E-state index is 13.1. The number of rotatable bonds is 3. The fourth-order valence-corrected chi connectivity index (χ4v) is 2.39. The molecule has 0 saturated heterocycles. The van der Waals surface area contributed by atoms with Gasteiger partial charge in [-0.3, -0.25) is 0 Å². The van der Waals surface area contributed by atoms with Gasteiger partial charge in [0.2, 0.25) is 0 Å². The van der Waals surface area contributed by atoms with Crippen LogP contribution < -0.4 is 5.73 Å². The summed E-state index contributed by atoms with van der Waals surface area (Å²) in [5, 5.41) is 0. The normalized spacial score (nSPS) is 12.3. The molecule has 1 atom stereocenters. The second-order valence-electron chi connectivity index (χ2n) is 5.04. The minimum Gasteiger partial charge on any atom is -0.399 e. The highest BCUT2D eigenvalue weighted by molar-refractivity contribution is 5.59. The summed E-state index contributed by atoms with van der Waals surface area (Å²) in [7, 11) is 0. The summed E-state index contributed by atoms with van der Waals surface area (Å²) >= 11 is 0. The van der Waals surface area contributed by atoms with E-state index in [-0.39, 0.29) is 11.9 Å². The Morgan fingerprint density at radius 1 is 1.05 bits per heavy atom. The molecule has 1 unspecified atom stereocenters. The van der Waals surface area contributed by atoms with Crippen molar-refractivity contribution in [3.8, 4) is 11.3 Å². The van der Waals surface area contributed by atoms with Crippen LogP contribution in [0.1, 0.15) is 18.5 Å². The van der Waals surface area contributed by atoms with E-state index in [1.54, 1.807) is 24.7 Å². The van der Waals surface area contributed by atoms with Gasteiger partial charge in [0.1, 0.15) is 5.82 Å². The van der Waals surface area contributed by atoms with Crippen molar-refractivity contribution in [2.45, 2.75) is 13.0 Å². The number of imidazole rings is 1. The Morgan fingerprint density at radius 2 is 1.71 bits per heavy atom. The number of nitrogens with zero attached hydrogens (tertiary/aromatic N) is 2. The van der Waals surface area contributed by atoms with Gasteiger partial charge < -0.3 is 10.3 Å². The number of aromatic nitrogens is 2. The zero-order valence-corrected chi connectivity index (χ0v) is 11.7. The molecule has 4 heteroatoms. The van der Waals surface area contributed by atoms with Gasteiger partial charge in [0, 0.05) is 5.69 Å². The molecular formula is C17H16FN3. The van der Waals surface area contributed by atoms with Crippen LogP contribution in [0.2, 0.25) is 0 Å². The zero-order valence-electron chi connectivity index (χ0n) is 11.7. The van der Waals surface area contributed by atoms with Crippen LogP contribution in [-0.2, 0) is 0 Å². The molecule has 0 aliphatic rings. The second kappa shape index (κ2) is 5.40. The molecule has 0 aliphatic heterocycles. The summed E-state index contributed by atoms with van der Waals surface area (Å²) in [5.41, 5.74) is 9.51. The first-order valence-corrected chi connectivity index (χ1v) is 6.78. The Bertz CT molecular complexity index is 729. The van der Waals surface area contributed by atoms with Gasteiger partial charge in [0.05, 0.1) is 24.3 Å². The van der Waals surface area contributed by atoms with Crippen LogP contribution in [-0.4, -0.2) is 9.55 Å². The lowest BCUT2D eigenvalue weighted by molar-refractivity contribution is 0.627. The molecule has 0 spiro atoms. The molecule has 3 nitrogen and oxygen atoms in total. The van der Waals surface area contributed by atoms with Crippen LogP contribution >= 0.6 is 0 Å². The Kier molecular flexibility index (Phi) is 3.44. The highest BCUT2D eigenvalue weighted by atomic mass is 19.1. The molecule has 106 valence electrons. The Hall–Kier alpha value is -2.62. The highest BCUT2D eigenvalue weighted by Crippen LogP contribution is 2.26. The van der Waals surface area contributed by atoms with E-state index in [1.807, 2.05) is 24.3 Å². The van der Waals surface area contributed by atoms with Gasteiger partial charge in [-0.1, -0.05) is 12.1 Å². The first-order valence-electron chi connectivity index (χ1n) is 6.78. The van der Waals surface area contributed by atoms with Crippen LogP contribution in [0, 0.1) is 5.82 Å². The molecular weight excluding hydrogens is 265 g/mol. The van der Waals surface area contributed by atoms with Crippen LogP contribution in [0.5, 0.6) is 0 Å². The Balaban J connectivity index is 1.98. The van der Waals surface area contributed by atoms with E-state index in [9.17, 15) is 4.39 Å². The molecule has 0 saturated carbocycles. The topological polar surface area (TPSA) is 43.8 Å². The fraction of sp³-hybridized carbons (Fsp3) is 0.118. The van der Waals surface area contributed by atoms with Crippen LogP contribution in [0.25, 0.3) is 11.3 Å². The van der Waals surface area contributed by atoms with E-state index in [1.165, 1.54) is 12.1 Å². The number of nitrogen functional groups attached to an aromatic ring is 1. The van der Waals surface area contributed by atoms with Crippen LogP contribution in [0.4, 0.5) is 10.1 Å². The average Bonchev–Trinajstić information content (AvgIpc) is 2.97. The van der Waals surface area contributed by atoms with Gasteiger partial charge in [-0.25, -0.2) is 9.37 Å². The standard InChI is InChI=1S/C17H16FN3/c1-12(13-4-8-16(19)9-5-13)21-11-20-10-17(21)14-2-6-15(18)7-3-14/h2-12H,19H2,1H3. The van der Waals surface area contributed by atoms with E-state index in [2.05, 4.69) is 16.5 Å². The summed E-state index contributed by atoms with van der Waals surface area (Å²) in [5.74, 6) is -0.239. The SMILES string of the molecule is CC(c1ccc(N)cc1)n1cncc1-c1ccc(F)cc1. The predicted molar refractivity (Wildman–Crippen MR) is 82.3 cm³/mol. The fourth-order valence-electron chi connectivity index (χ4n) is 2.39. The van der Waals surface area contributed by atoms with Gasteiger partial charge in [-0.15, -0.1) is 0 Å². The van der Waals surface area contributed by atoms with Gasteiger partial charge in [-0.2, -0.15) is 0 Å². The maximum absolute atomic E-state index is 13.1. The van der Waals surface area contributed by atoms with E-state index in [4.69, 9.17) is 5.73 Å². The monoisotopic (exact) mass is 281 g/mol. The van der Waals surface area contributed by atoms with Crippen molar-refractivity contribution < 1.29 is 4.39 Å². The molecule has 1 aromatic heterocycles. The molecule has 2 N–H and O–H groups in total. The van der Waals surface area contributed by atoms with Gasteiger partial charge >= 0.3 is 0 Å². The molecule has 3 rings (SSSR count). The molecule has 2 aromatic carbocycles. The third-order valence-corrected chi connectivity index (χ3v) is 3.64. The summed E-state index contributed by atoms with van der Waals surface area (Å²) in [6.45, 7) is 2.10. The number of nitrogens with two attached hydrogens (primary N) is 1. The van der Waals surface area contributed by atoms with E-state index in [0.29, 0.717) is 0 Å². The lowest BCUT2D eigenvalue weighted by Crippen LogP contribution is -2.07. The highest BCUT2D eigenvalue weighted by Gasteiger charge is 2.13. The van der Waals surface area contributed by atoms with Crippen molar-refractivity contribution >= 4 is 5.69 Å². The maximum Gasteiger partial charge on any atom is 0.123 e. The van der Waals surface area contributed by atoms with Gasteiger partial charge in [0.25, 0.3) is 0 Å². The van der Waals surface area contributed by atoms with Crippen molar-refractivity contribution in [1.82, 2.24) is 9.55 Å². The Labute approximate surface area is 122 Å². The quantitative estimate of drug-likeness (QED) is 0.740. The predicted octanol–water partition coefficient (Wildman–Crippen LogP) is 3.88. The summed E-state index contributed by atoms with van der Waals surface area (Å²) in [4.78, 5) is 4.23. The van der Waals surface area contributed by atoms with E-state index < -0.39 is 0 Å².